The summed E-state index contributed by atoms with van der Waals surface area (Å²) in [7, 11) is 1.64. The number of hydrogen-bond acceptors (Lipinski definition) is 2. The lowest BCUT2D eigenvalue weighted by Gasteiger charge is -2.11. The molecule has 0 radical (unpaired) electrons. The van der Waals surface area contributed by atoms with Crippen LogP contribution in [0.4, 0.5) is 0 Å². The summed E-state index contributed by atoms with van der Waals surface area (Å²) in [6.07, 6.45) is -0.255. The molecule has 1 N–H and O–H groups in total. The number of ether oxygens (including phenoxy) is 1. The van der Waals surface area contributed by atoms with Crippen LogP contribution in [0, 0.1) is 5.92 Å². The second kappa shape index (κ2) is 3.87. The fourth-order valence-electron chi connectivity index (χ4n) is 0.402. The minimum Gasteiger partial charge on any atom is -0.393 e. The van der Waals surface area contributed by atoms with Gasteiger partial charge in [0.05, 0.1) is 12.7 Å². The lowest BCUT2D eigenvalue weighted by atomic mass is 10.1. The van der Waals surface area contributed by atoms with Crippen molar-refractivity contribution in [1.29, 1.82) is 0 Å². The van der Waals surface area contributed by atoms with Gasteiger partial charge in [0.2, 0.25) is 0 Å². The van der Waals surface area contributed by atoms with Gasteiger partial charge in [-0.25, -0.2) is 0 Å². The van der Waals surface area contributed by atoms with Gasteiger partial charge < -0.3 is 9.84 Å². The van der Waals surface area contributed by atoms with E-state index in [1.54, 1.807) is 14.0 Å². The second-order valence-corrected chi connectivity index (χ2v) is 2.17. The Kier molecular flexibility index (Phi) is 3.83. The maximum atomic E-state index is 8.87. The van der Waals surface area contributed by atoms with E-state index in [0.29, 0.717) is 6.61 Å². The van der Waals surface area contributed by atoms with Crippen LogP contribution in [-0.2, 0) is 4.74 Å². The number of aliphatic hydroxyl groups excluding tert-OH is 1. The van der Waals surface area contributed by atoms with Crippen molar-refractivity contribution in [2.45, 2.75) is 20.0 Å². The topological polar surface area (TPSA) is 29.5 Å². The third-order valence-corrected chi connectivity index (χ3v) is 1.25. The SMILES string of the molecule is COC[C@H](C)[C@H](C)O. The van der Waals surface area contributed by atoms with Crippen molar-refractivity contribution < 1.29 is 9.84 Å². The first-order valence-corrected chi connectivity index (χ1v) is 2.85. The Morgan fingerprint density at radius 2 is 2.00 bits per heavy atom. The van der Waals surface area contributed by atoms with E-state index in [2.05, 4.69) is 0 Å². The molecule has 0 aliphatic rings. The highest BCUT2D eigenvalue weighted by Crippen LogP contribution is 2.00. The van der Waals surface area contributed by atoms with Gasteiger partial charge in [0.15, 0.2) is 0 Å². The molecule has 50 valence electrons. The Bertz CT molecular complexity index is 52.5. The molecule has 0 unspecified atom stereocenters. The van der Waals surface area contributed by atoms with Gasteiger partial charge in [0.25, 0.3) is 0 Å². The van der Waals surface area contributed by atoms with E-state index in [1.165, 1.54) is 0 Å². The third-order valence-electron chi connectivity index (χ3n) is 1.25. The largest absolute Gasteiger partial charge is 0.393 e. The molecular weight excluding hydrogens is 104 g/mol. The lowest BCUT2D eigenvalue weighted by molar-refractivity contribution is 0.0684. The first kappa shape index (κ1) is 7.92. The van der Waals surface area contributed by atoms with Crippen LogP contribution in [0.1, 0.15) is 13.8 Å². The molecule has 0 aromatic carbocycles. The van der Waals surface area contributed by atoms with Crippen molar-refractivity contribution in [2.75, 3.05) is 13.7 Å². The van der Waals surface area contributed by atoms with E-state index in [-0.39, 0.29) is 12.0 Å². The predicted octanol–water partition coefficient (Wildman–Crippen LogP) is 0.650. The lowest BCUT2D eigenvalue weighted by Crippen LogP contribution is -2.17. The highest BCUT2D eigenvalue weighted by atomic mass is 16.5. The van der Waals surface area contributed by atoms with Crippen LogP contribution in [0.25, 0.3) is 0 Å². The smallest absolute Gasteiger partial charge is 0.0559 e. The molecule has 0 spiro atoms. The molecule has 0 saturated carbocycles. The fourth-order valence-corrected chi connectivity index (χ4v) is 0.402. The second-order valence-electron chi connectivity index (χ2n) is 2.17. The minimum absolute atomic E-state index is 0.250. The van der Waals surface area contributed by atoms with E-state index in [9.17, 15) is 0 Å². The summed E-state index contributed by atoms with van der Waals surface area (Å²) in [5, 5.41) is 8.87. The van der Waals surface area contributed by atoms with Crippen molar-refractivity contribution in [2.24, 2.45) is 5.92 Å². The molecule has 0 aliphatic heterocycles. The molecule has 0 rings (SSSR count). The van der Waals surface area contributed by atoms with Crippen LogP contribution in [-0.4, -0.2) is 24.9 Å². The van der Waals surface area contributed by atoms with Crippen LogP contribution in [0.2, 0.25) is 0 Å². The van der Waals surface area contributed by atoms with Gasteiger partial charge in [0.1, 0.15) is 0 Å². The molecule has 8 heavy (non-hydrogen) atoms. The van der Waals surface area contributed by atoms with Crippen molar-refractivity contribution in [3.63, 3.8) is 0 Å². The van der Waals surface area contributed by atoms with E-state index in [0.717, 1.165) is 0 Å². The van der Waals surface area contributed by atoms with E-state index < -0.39 is 0 Å². The molecule has 0 aromatic heterocycles. The Morgan fingerprint density at radius 1 is 1.50 bits per heavy atom. The van der Waals surface area contributed by atoms with Crippen LogP contribution in [0.5, 0.6) is 0 Å². The number of rotatable bonds is 3. The summed E-state index contributed by atoms with van der Waals surface area (Å²) >= 11 is 0. The molecule has 0 bridgehead atoms. The van der Waals surface area contributed by atoms with Gasteiger partial charge >= 0.3 is 0 Å². The first-order valence-electron chi connectivity index (χ1n) is 2.85. The number of aliphatic hydroxyl groups is 1. The molecule has 0 saturated heterocycles. The van der Waals surface area contributed by atoms with Crippen molar-refractivity contribution in [3.8, 4) is 0 Å². The Labute approximate surface area is 50.5 Å². The maximum Gasteiger partial charge on any atom is 0.0559 e. The first-order chi connectivity index (χ1) is 3.68. The van der Waals surface area contributed by atoms with Crippen molar-refractivity contribution >= 4 is 0 Å². The van der Waals surface area contributed by atoms with Gasteiger partial charge in [-0.15, -0.1) is 0 Å². The maximum absolute atomic E-state index is 8.87. The summed E-state index contributed by atoms with van der Waals surface area (Å²) < 4.78 is 4.80. The molecular formula is C6H14O2. The molecule has 2 heteroatoms. The van der Waals surface area contributed by atoms with Gasteiger partial charge in [-0.3, -0.25) is 0 Å². The zero-order valence-electron chi connectivity index (χ0n) is 5.72. The normalized spacial score (nSPS) is 18.0. The number of hydrogen-bond donors (Lipinski definition) is 1. The Balaban J connectivity index is 3.17. The van der Waals surface area contributed by atoms with E-state index in [4.69, 9.17) is 9.84 Å². The molecule has 0 aromatic rings. The predicted molar refractivity (Wildman–Crippen MR) is 32.7 cm³/mol. The van der Waals surface area contributed by atoms with Crippen LogP contribution >= 0.6 is 0 Å². The van der Waals surface area contributed by atoms with Crippen molar-refractivity contribution in [3.05, 3.63) is 0 Å². The molecule has 0 fully saturated rings. The average molecular weight is 118 g/mol. The summed E-state index contributed by atoms with van der Waals surface area (Å²) in [6, 6.07) is 0. The molecule has 0 heterocycles. The van der Waals surface area contributed by atoms with Gasteiger partial charge in [-0.05, 0) is 6.92 Å². The van der Waals surface area contributed by atoms with Gasteiger partial charge in [-0.2, -0.15) is 0 Å². The fraction of sp³-hybridized carbons (Fsp3) is 1.00. The standard InChI is InChI=1S/C6H14O2/c1-5(4-8-3)6(2)7/h5-7H,4H2,1-3H3/t5-,6-/m0/s1. The Morgan fingerprint density at radius 3 is 2.12 bits per heavy atom. The van der Waals surface area contributed by atoms with Crippen LogP contribution in [0.15, 0.2) is 0 Å². The third kappa shape index (κ3) is 2.99. The monoisotopic (exact) mass is 118 g/mol. The zero-order valence-corrected chi connectivity index (χ0v) is 5.72. The van der Waals surface area contributed by atoms with Crippen molar-refractivity contribution in [1.82, 2.24) is 0 Å². The summed E-state index contributed by atoms with van der Waals surface area (Å²) in [6.45, 7) is 4.36. The summed E-state index contributed by atoms with van der Waals surface area (Å²) in [5.74, 6) is 0.250. The summed E-state index contributed by atoms with van der Waals surface area (Å²) in [4.78, 5) is 0. The highest BCUT2D eigenvalue weighted by Gasteiger charge is 2.06. The minimum atomic E-state index is -0.255. The van der Waals surface area contributed by atoms with Gasteiger partial charge in [-0.1, -0.05) is 6.92 Å². The Hall–Kier alpha value is -0.0800. The van der Waals surface area contributed by atoms with Gasteiger partial charge in [0, 0.05) is 13.0 Å². The molecule has 2 nitrogen and oxygen atoms in total. The van der Waals surface area contributed by atoms with Crippen LogP contribution in [0.3, 0.4) is 0 Å². The average Bonchev–Trinajstić information content (AvgIpc) is 1.67. The molecule has 2 atom stereocenters. The van der Waals surface area contributed by atoms with E-state index >= 15 is 0 Å². The van der Waals surface area contributed by atoms with Crippen LogP contribution < -0.4 is 0 Å². The molecule has 0 amide bonds. The highest BCUT2D eigenvalue weighted by molar-refractivity contribution is 4.55. The quantitative estimate of drug-likeness (QED) is 0.589. The summed E-state index contributed by atoms with van der Waals surface area (Å²) in [5.41, 5.74) is 0. The molecule has 0 aliphatic carbocycles. The number of methoxy groups -OCH3 is 1. The van der Waals surface area contributed by atoms with E-state index in [1.807, 2.05) is 6.92 Å². The zero-order chi connectivity index (χ0) is 6.57.